The number of benzene rings is 2. The van der Waals surface area contributed by atoms with Crippen LogP contribution < -0.4 is 9.64 Å². The Hall–Kier alpha value is -2.44. The molecule has 3 rings (SSSR count). The second-order valence-corrected chi connectivity index (χ2v) is 9.44. The number of thiazole rings is 1. The zero-order chi connectivity index (χ0) is 23.3. The molecule has 32 heavy (non-hydrogen) atoms. The van der Waals surface area contributed by atoms with Crippen LogP contribution in [0.25, 0.3) is 10.2 Å². The molecule has 0 aliphatic heterocycles. The summed E-state index contributed by atoms with van der Waals surface area (Å²) in [5, 5.41) is 0.740. The van der Waals surface area contributed by atoms with Gasteiger partial charge in [-0.3, -0.25) is 9.69 Å². The van der Waals surface area contributed by atoms with E-state index in [-0.39, 0.29) is 12.5 Å². The summed E-state index contributed by atoms with van der Waals surface area (Å²) in [5.41, 5.74) is 4.62. The van der Waals surface area contributed by atoms with E-state index in [4.69, 9.17) is 9.72 Å². The van der Waals surface area contributed by atoms with E-state index in [1.807, 2.05) is 12.1 Å². The molecule has 0 aliphatic carbocycles. The molecule has 5 nitrogen and oxygen atoms in total. The van der Waals surface area contributed by atoms with Crippen molar-refractivity contribution in [3.8, 4) is 5.75 Å². The van der Waals surface area contributed by atoms with E-state index >= 15 is 0 Å². The van der Waals surface area contributed by atoms with E-state index in [1.165, 1.54) is 16.7 Å². The average molecular weight is 454 g/mol. The minimum atomic E-state index is -0.0708. The number of hydrogen-bond acceptors (Lipinski definition) is 5. The molecule has 1 aromatic heterocycles. The van der Waals surface area contributed by atoms with Crippen molar-refractivity contribution in [1.29, 1.82) is 0 Å². The van der Waals surface area contributed by atoms with E-state index in [9.17, 15) is 4.79 Å². The lowest BCUT2D eigenvalue weighted by atomic mass is 10.0. The summed E-state index contributed by atoms with van der Waals surface area (Å²) in [7, 11) is 0. The van der Waals surface area contributed by atoms with Crippen LogP contribution in [0.1, 0.15) is 50.3 Å². The molecule has 0 aliphatic rings. The van der Waals surface area contributed by atoms with Gasteiger partial charge in [0.25, 0.3) is 5.91 Å². The Labute approximate surface area is 196 Å². The third-order valence-corrected chi connectivity index (χ3v) is 7.09. The normalized spacial score (nSPS) is 11.5. The summed E-state index contributed by atoms with van der Waals surface area (Å²) in [6.45, 7) is 16.1. The van der Waals surface area contributed by atoms with Gasteiger partial charge in [0.1, 0.15) is 5.75 Å². The average Bonchev–Trinajstić information content (AvgIpc) is 3.22. The molecule has 172 valence electrons. The highest BCUT2D eigenvalue weighted by Gasteiger charge is 2.22. The molecule has 0 spiro atoms. The van der Waals surface area contributed by atoms with Crippen LogP contribution in [-0.2, 0) is 4.79 Å². The molecule has 0 radical (unpaired) electrons. The Bertz CT molecular complexity index is 1040. The summed E-state index contributed by atoms with van der Waals surface area (Å²) in [5.74, 6) is 1.10. The fourth-order valence-electron chi connectivity index (χ4n) is 3.61. The molecule has 0 atom stereocenters. The van der Waals surface area contributed by atoms with E-state index in [0.29, 0.717) is 18.2 Å². The number of likely N-dealkylation sites (N-methyl/N-ethyl adjacent to an activating group) is 1. The van der Waals surface area contributed by atoms with Gasteiger partial charge in [-0.05, 0) is 67.7 Å². The van der Waals surface area contributed by atoms with Gasteiger partial charge in [0, 0.05) is 13.1 Å². The smallest absolute Gasteiger partial charge is 0.266 e. The lowest BCUT2D eigenvalue weighted by Gasteiger charge is -2.24. The summed E-state index contributed by atoms with van der Waals surface area (Å²) >= 11 is 1.57. The van der Waals surface area contributed by atoms with Crippen molar-refractivity contribution in [3.63, 3.8) is 0 Å². The molecule has 0 fully saturated rings. The first-order valence-corrected chi connectivity index (χ1v) is 12.3. The first-order chi connectivity index (χ1) is 15.3. The van der Waals surface area contributed by atoms with Crippen molar-refractivity contribution in [2.75, 3.05) is 37.7 Å². The number of hydrogen-bond donors (Lipinski definition) is 0. The molecule has 0 N–H and O–H groups in total. The van der Waals surface area contributed by atoms with Crippen molar-refractivity contribution >= 4 is 32.6 Å². The maximum Gasteiger partial charge on any atom is 0.266 e. The van der Waals surface area contributed by atoms with Crippen LogP contribution in [0.4, 0.5) is 5.13 Å². The highest BCUT2D eigenvalue weighted by Crippen LogP contribution is 2.32. The van der Waals surface area contributed by atoms with Gasteiger partial charge in [0.05, 0.1) is 10.2 Å². The number of ether oxygens (including phenoxy) is 1. The minimum Gasteiger partial charge on any atom is -0.484 e. The van der Waals surface area contributed by atoms with Gasteiger partial charge in [-0.1, -0.05) is 57.2 Å². The zero-order valence-electron chi connectivity index (χ0n) is 20.1. The highest BCUT2D eigenvalue weighted by molar-refractivity contribution is 7.22. The topological polar surface area (TPSA) is 45.7 Å². The molecule has 0 saturated heterocycles. The molecule has 6 heteroatoms. The van der Waals surface area contributed by atoms with Crippen LogP contribution in [0.5, 0.6) is 5.75 Å². The van der Waals surface area contributed by atoms with Gasteiger partial charge in [-0.15, -0.1) is 0 Å². The number of carbonyl (C=O) groups is 1. The second-order valence-electron chi connectivity index (χ2n) is 8.44. The van der Waals surface area contributed by atoms with Crippen molar-refractivity contribution in [1.82, 2.24) is 9.88 Å². The number of amides is 1. The van der Waals surface area contributed by atoms with Crippen molar-refractivity contribution in [2.45, 2.75) is 47.5 Å². The number of rotatable bonds is 10. The van der Waals surface area contributed by atoms with Crippen LogP contribution in [0.3, 0.4) is 0 Å². The molecule has 1 heterocycles. The Kier molecular flexibility index (Phi) is 8.26. The van der Waals surface area contributed by atoms with Crippen LogP contribution in [0.2, 0.25) is 0 Å². The van der Waals surface area contributed by atoms with Gasteiger partial charge in [0.15, 0.2) is 11.7 Å². The molecule has 0 bridgehead atoms. The Morgan fingerprint density at radius 1 is 1.03 bits per heavy atom. The quantitative estimate of drug-likeness (QED) is 0.390. The maximum atomic E-state index is 13.3. The standard InChI is InChI=1S/C26H35N3O2S/c1-7-28(8-2)15-16-29(26-27-25-20(6)19(5)9-14-23(25)32-26)24(30)17-31-22-12-10-21(11-13-22)18(3)4/h9-14,18H,7-8,15-17H2,1-6H3. The van der Waals surface area contributed by atoms with Gasteiger partial charge in [0.2, 0.25) is 0 Å². The minimum absolute atomic E-state index is 0.00674. The zero-order valence-corrected chi connectivity index (χ0v) is 21.0. The number of anilines is 1. The number of aryl methyl sites for hydroxylation is 2. The predicted octanol–water partition coefficient (Wildman–Crippen LogP) is 5.79. The van der Waals surface area contributed by atoms with Gasteiger partial charge < -0.3 is 9.64 Å². The van der Waals surface area contributed by atoms with Crippen molar-refractivity contribution in [3.05, 3.63) is 53.1 Å². The van der Waals surface area contributed by atoms with Crippen LogP contribution >= 0.6 is 11.3 Å². The summed E-state index contributed by atoms with van der Waals surface area (Å²) in [6.07, 6.45) is 0. The van der Waals surface area contributed by atoms with E-state index < -0.39 is 0 Å². The maximum absolute atomic E-state index is 13.3. The molecule has 1 amide bonds. The lowest BCUT2D eigenvalue weighted by molar-refractivity contribution is -0.120. The van der Waals surface area contributed by atoms with Crippen molar-refractivity contribution < 1.29 is 9.53 Å². The van der Waals surface area contributed by atoms with Gasteiger partial charge in [-0.2, -0.15) is 0 Å². The first-order valence-electron chi connectivity index (χ1n) is 11.5. The fourth-order valence-corrected chi connectivity index (χ4v) is 4.68. The molecule has 0 saturated carbocycles. The van der Waals surface area contributed by atoms with Crippen molar-refractivity contribution in [2.24, 2.45) is 0 Å². The lowest BCUT2D eigenvalue weighted by Crippen LogP contribution is -2.41. The largest absolute Gasteiger partial charge is 0.484 e. The summed E-state index contributed by atoms with van der Waals surface area (Å²) in [6, 6.07) is 12.2. The molecule has 2 aromatic carbocycles. The van der Waals surface area contributed by atoms with Gasteiger partial charge >= 0.3 is 0 Å². The SMILES string of the molecule is CCN(CC)CCN(C(=O)COc1ccc(C(C)C)cc1)c1nc2c(C)c(C)ccc2s1. The molecular weight excluding hydrogens is 418 g/mol. The number of aromatic nitrogens is 1. The van der Waals surface area contributed by atoms with Gasteiger partial charge in [-0.25, -0.2) is 4.98 Å². The fraction of sp³-hybridized carbons (Fsp3) is 0.462. The number of carbonyl (C=O) groups excluding carboxylic acids is 1. The van der Waals surface area contributed by atoms with E-state index in [0.717, 1.165) is 35.0 Å². The molecule has 0 unspecified atom stereocenters. The van der Waals surface area contributed by atoms with Crippen LogP contribution in [0, 0.1) is 13.8 Å². The first kappa shape index (κ1) is 24.2. The Morgan fingerprint density at radius 2 is 1.72 bits per heavy atom. The Balaban J connectivity index is 1.80. The van der Waals surface area contributed by atoms with E-state index in [1.54, 1.807) is 16.2 Å². The number of fused-ring (bicyclic) bond motifs is 1. The second kappa shape index (κ2) is 10.9. The number of nitrogens with zero attached hydrogens (tertiary/aromatic N) is 3. The molecule has 3 aromatic rings. The van der Waals surface area contributed by atoms with E-state index in [2.05, 4.69) is 70.7 Å². The highest BCUT2D eigenvalue weighted by atomic mass is 32.1. The third kappa shape index (κ3) is 5.67. The predicted molar refractivity (Wildman–Crippen MR) is 135 cm³/mol. The summed E-state index contributed by atoms with van der Waals surface area (Å²) in [4.78, 5) is 22.2. The monoisotopic (exact) mass is 453 g/mol. The van der Waals surface area contributed by atoms with Crippen LogP contribution in [-0.4, -0.2) is 48.6 Å². The van der Waals surface area contributed by atoms with Crippen LogP contribution in [0.15, 0.2) is 36.4 Å². The Morgan fingerprint density at radius 3 is 2.34 bits per heavy atom. The summed E-state index contributed by atoms with van der Waals surface area (Å²) < 4.78 is 6.96. The third-order valence-electron chi connectivity index (χ3n) is 6.05. The molecular formula is C26H35N3O2S.